The molecule has 4 rings (SSSR count). The van der Waals surface area contributed by atoms with Crippen molar-refractivity contribution in [1.29, 1.82) is 0 Å². The van der Waals surface area contributed by atoms with Crippen molar-refractivity contribution in [3.8, 4) is 11.5 Å². The zero-order valence-electron chi connectivity index (χ0n) is 14.8. The molecule has 1 aliphatic heterocycles. The lowest BCUT2D eigenvalue weighted by Gasteiger charge is -2.34. The van der Waals surface area contributed by atoms with Crippen LogP contribution in [0, 0.1) is 5.82 Å². The minimum atomic E-state index is -0.449. The van der Waals surface area contributed by atoms with Crippen molar-refractivity contribution in [3.63, 3.8) is 0 Å². The minimum absolute atomic E-state index is 0.0763. The van der Waals surface area contributed by atoms with E-state index in [-0.39, 0.29) is 11.6 Å². The van der Waals surface area contributed by atoms with Crippen molar-refractivity contribution in [2.75, 3.05) is 19.5 Å². The summed E-state index contributed by atoms with van der Waals surface area (Å²) in [5.74, 6) is 0.465. The fraction of sp³-hybridized carbons (Fsp3) is 0.286. The molecule has 5 heteroatoms. The van der Waals surface area contributed by atoms with E-state index in [4.69, 9.17) is 9.47 Å². The van der Waals surface area contributed by atoms with Crippen LogP contribution in [0.25, 0.3) is 0 Å². The zero-order valence-corrected chi connectivity index (χ0v) is 14.8. The second kappa shape index (κ2) is 6.48. The molecule has 0 spiro atoms. The number of ether oxygens (including phenoxy) is 2. The van der Waals surface area contributed by atoms with E-state index in [1.807, 2.05) is 12.1 Å². The van der Waals surface area contributed by atoms with Crippen LogP contribution >= 0.6 is 0 Å². The van der Waals surface area contributed by atoms with Crippen LogP contribution in [0.4, 0.5) is 10.1 Å². The summed E-state index contributed by atoms with van der Waals surface area (Å²) in [6, 6.07) is 10.3. The smallest absolute Gasteiger partial charge is 0.162 e. The van der Waals surface area contributed by atoms with Gasteiger partial charge in [0.2, 0.25) is 0 Å². The molecule has 1 heterocycles. The molecule has 0 saturated carbocycles. The molecular weight excluding hydrogens is 333 g/mol. The van der Waals surface area contributed by atoms with E-state index >= 15 is 0 Å². The van der Waals surface area contributed by atoms with Crippen molar-refractivity contribution in [2.45, 2.75) is 25.2 Å². The molecule has 0 unspecified atom stereocenters. The van der Waals surface area contributed by atoms with Crippen LogP contribution in [-0.2, 0) is 4.79 Å². The maximum absolute atomic E-state index is 14.7. The lowest BCUT2D eigenvalue weighted by molar-refractivity contribution is -0.116. The molecule has 2 aromatic carbocycles. The SMILES string of the molecule is COc1cc2c(cc1OC)[C@H](c1ccccc1F)C1=C(CCCC1=O)N2. The number of hydrogen-bond donors (Lipinski definition) is 1. The number of carbonyl (C=O) groups is 1. The Morgan fingerprint density at radius 2 is 1.77 bits per heavy atom. The predicted molar refractivity (Wildman–Crippen MR) is 97.3 cm³/mol. The molecule has 134 valence electrons. The second-order valence-corrected chi connectivity index (χ2v) is 6.54. The Morgan fingerprint density at radius 1 is 1.04 bits per heavy atom. The maximum atomic E-state index is 14.7. The molecular formula is C21H20FNO3. The standard InChI is InChI=1S/C21H20FNO3/c1-25-18-10-13-16(11-19(18)26-2)23-15-8-5-9-17(24)21(15)20(13)12-6-3-4-7-14(12)22/h3-4,6-7,10-11,20,23H,5,8-9H2,1-2H3/t20-/m0/s1. The number of carbonyl (C=O) groups excluding carboxylic acids is 1. The van der Waals surface area contributed by atoms with Gasteiger partial charge in [0.1, 0.15) is 5.82 Å². The van der Waals surface area contributed by atoms with Gasteiger partial charge in [-0.25, -0.2) is 4.39 Å². The number of halogens is 1. The van der Waals surface area contributed by atoms with Crippen LogP contribution in [-0.4, -0.2) is 20.0 Å². The van der Waals surface area contributed by atoms with Gasteiger partial charge >= 0.3 is 0 Å². The summed E-state index contributed by atoms with van der Waals surface area (Å²) in [6.45, 7) is 0. The predicted octanol–water partition coefficient (Wildman–Crippen LogP) is 4.41. The summed E-state index contributed by atoms with van der Waals surface area (Å²) in [5, 5.41) is 3.38. The molecule has 1 atom stereocenters. The number of allylic oxidation sites excluding steroid dienone is 2. The van der Waals surface area contributed by atoms with E-state index in [2.05, 4.69) is 5.32 Å². The first-order valence-electron chi connectivity index (χ1n) is 8.67. The van der Waals surface area contributed by atoms with Gasteiger partial charge in [0.15, 0.2) is 17.3 Å². The van der Waals surface area contributed by atoms with E-state index in [9.17, 15) is 9.18 Å². The van der Waals surface area contributed by atoms with Crippen LogP contribution in [0.15, 0.2) is 47.7 Å². The molecule has 0 saturated heterocycles. The van der Waals surface area contributed by atoms with E-state index in [1.54, 1.807) is 32.4 Å². The van der Waals surface area contributed by atoms with E-state index in [0.29, 0.717) is 29.1 Å². The Morgan fingerprint density at radius 3 is 2.50 bits per heavy atom. The van der Waals surface area contributed by atoms with Gasteiger partial charge in [-0.2, -0.15) is 0 Å². The van der Waals surface area contributed by atoms with Gasteiger partial charge in [0.25, 0.3) is 0 Å². The quantitative estimate of drug-likeness (QED) is 0.888. The van der Waals surface area contributed by atoms with Gasteiger partial charge in [-0.15, -0.1) is 0 Å². The van der Waals surface area contributed by atoms with Crippen LogP contribution < -0.4 is 14.8 Å². The van der Waals surface area contributed by atoms with Crippen LogP contribution in [0.3, 0.4) is 0 Å². The number of hydrogen-bond acceptors (Lipinski definition) is 4. The molecule has 0 fully saturated rings. The number of methoxy groups -OCH3 is 2. The van der Waals surface area contributed by atoms with Gasteiger partial charge < -0.3 is 14.8 Å². The largest absolute Gasteiger partial charge is 0.493 e. The Labute approximate surface area is 151 Å². The van der Waals surface area contributed by atoms with Crippen molar-refractivity contribution in [1.82, 2.24) is 0 Å². The number of benzene rings is 2. The monoisotopic (exact) mass is 353 g/mol. The topological polar surface area (TPSA) is 47.6 Å². The Kier molecular flexibility index (Phi) is 4.15. The number of rotatable bonds is 3. The van der Waals surface area contributed by atoms with Gasteiger partial charge in [0.05, 0.1) is 14.2 Å². The first-order chi connectivity index (χ1) is 12.6. The van der Waals surface area contributed by atoms with E-state index < -0.39 is 5.92 Å². The first kappa shape index (κ1) is 16.6. The average molecular weight is 353 g/mol. The van der Waals surface area contributed by atoms with Gasteiger partial charge in [-0.05, 0) is 36.1 Å². The molecule has 26 heavy (non-hydrogen) atoms. The highest BCUT2D eigenvalue weighted by Crippen LogP contribution is 2.48. The molecule has 1 aliphatic carbocycles. The Hall–Kier alpha value is -2.82. The number of fused-ring (bicyclic) bond motifs is 1. The molecule has 2 aromatic rings. The highest BCUT2D eigenvalue weighted by molar-refractivity contribution is 6.01. The fourth-order valence-electron chi connectivity index (χ4n) is 3.92. The second-order valence-electron chi connectivity index (χ2n) is 6.54. The van der Waals surface area contributed by atoms with Gasteiger partial charge in [-0.3, -0.25) is 4.79 Å². The summed E-state index contributed by atoms with van der Waals surface area (Å²) < 4.78 is 25.5. The first-order valence-corrected chi connectivity index (χ1v) is 8.67. The number of nitrogens with one attached hydrogen (secondary N) is 1. The minimum Gasteiger partial charge on any atom is -0.493 e. The molecule has 0 bridgehead atoms. The van der Waals surface area contributed by atoms with Gasteiger partial charge in [0, 0.05) is 35.4 Å². The highest BCUT2D eigenvalue weighted by Gasteiger charge is 2.37. The number of ketones is 1. The summed E-state index contributed by atoms with van der Waals surface area (Å²) in [7, 11) is 3.14. The van der Waals surface area contributed by atoms with E-state index in [1.165, 1.54) is 6.07 Å². The molecule has 2 aliphatic rings. The van der Waals surface area contributed by atoms with Gasteiger partial charge in [-0.1, -0.05) is 18.2 Å². The zero-order chi connectivity index (χ0) is 18.3. The number of anilines is 1. The third-order valence-corrected chi connectivity index (χ3v) is 5.11. The third kappa shape index (κ3) is 2.55. The summed E-state index contributed by atoms with van der Waals surface area (Å²) in [6.07, 6.45) is 2.07. The van der Waals surface area contributed by atoms with Crippen molar-refractivity contribution in [3.05, 3.63) is 64.6 Å². The van der Waals surface area contributed by atoms with Crippen LogP contribution in [0.2, 0.25) is 0 Å². The highest BCUT2D eigenvalue weighted by atomic mass is 19.1. The van der Waals surface area contributed by atoms with Crippen molar-refractivity contribution >= 4 is 11.5 Å². The van der Waals surface area contributed by atoms with Crippen molar-refractivity contribution < 1.29 is 18.7 Å². The van der Waals surface area contributed by atoms with E-state index in [0.717, 1.165) is 29.8 Å². The lowest BCUT2D eigenvalue weighted by atomic mass is 9.75. The Balaban J connectivity index is 1.98. The third-order valence-electron chi connectivity index (χ3n) is 5.11. The average Bonchev–Trinajstić information content (AvgIpc) is 2.66. The number of Topliss-reactive ketones (excluding diaryl/α,β-unsaturated/α-hetero) is 1. The molecule has 0 amide bonds. The van der Waals surface area contributed by atoms with Crippen molar-refractivity contribution in [2.24, 2.45) is 0 Å². The molecule has 0 aromatic heterocycles. The summed E-state index contributed by atoms with van der Waals surface area (Å²) in [5.41, 5.74) is 3.70. The van der Waals surface area contributed by atoms with Crippen LogP contribution in [0.1, 0.15) is 36.3 Å². The summed E-state index contributed by atoms with van der Waals surface area (Å²) >= 11 is 0. The fourth-order valence-corrected chi connectivity index (χ4v) is 3.92. The lowest BCUT2D eigenvalue weighted by Crippen LogP contribution is -2.27. The van der Waals surface area contributed by atoms with Crippen LogP contribution in [0.5, 0.6) is 11.5 Å². The molecule has 1 N–H and O–H groups in total. The normalized spacial score (nSPS) is 18.7. The molecule has 0 radical (unpaired) electrons. The molecule has 4 nitrogen and oxygen atoms in total. The maximum Gasteiger partial charge on any atom is 0.162 e. The summed E-state index contributed by atoms with van der Waals surface area (Å²) in [4.78, 5) is 12.7. The Bertz CT molecular complexity index is 919.